The van der Waals surface area contributed by atoms with Gasteiger partial charge in [-0.25, -0.2) is 0 Å². The Bertz CT molecular complexity index is 504. The first-order valence-corrected chi connectivity index (χ1v) is 5.69. The Morgan fingerprint density at radius 3 is 2.94 bits per heavy atom. The van der Waals surface area contributed by atoms with E-state index >= 15 is 0 Å². The molecule has 1 heterocycles. The van der Waals surface area contributed by atoms with Gasteiger partial charge in [-0.1, -0.05) is 12.1 Å². The minimum atomic E-state index is -0.737. The van der Waals surface area contributed by atoms with E-state index in [-0.39, 0.29) is 6.42 Å². The average molecular weight is 233 g/mol. The van der Waals surface area contributed by atoms with Gasteiger partial charge < -0.3 is 14.8 Å². The molecule has 90 valence electrons. The monoisotopic (exact) mass is 233 g/mol. The van der Waals surface area contributed by atoms with Crippen molar-refractivity contribution in [3.63, 3.8) is 0 Å². The molecule has 2 N–H and O–H groups in total. The van der Waals surface area contributed by atoms with Crippen molar-refractivity contribution in [1.29, 1.82) is 0 Å². The number of aliphatic carboxylic acids is 1. The first kappa shape index (κ1) is 11.5. The Morgan fingerprint density at radius 1 is 1.29 bits per heavy atom. The van der Waals surface area contributed by atoms with Crippen molar-refractivity contribution in [3.8, 4) is 0 Å². The molecule has 0 bridgehead atoms. The predicted octanol–water partition coefficient (Wildman–Crippen LogP) is 3.10. The summed E-state index contributed by atoms with van der Waals surface area (Å²) in [5.74, 6) is -0.737. The van der Waals surface area contributed by atoms with E-state index in [2.05, 4.69) is 5.32 Å². The van der Waals surface area contributed by atoms with Crippen LogP contribution in [0, 0.1) is 0 Å². The number of carbonyl (C=O) groups is 1. The maximum absolute atomic E-state index is 10.3. The molecule has 0 aliphatic rings. The lowest BCUT2D eigenvalue weighted by molar-refractivity contribution is -0.137. The summed E-state index contributed by atoms with van der Waals surface area (Å²) in [4.78, 5) is 10.3. The summed E-state index contributed by atoms with van der Waals surface area (Å²) in [6.45, 7) is 0.761. The van der Waals surface area contributed by atoms with Crippen molar-refractivity contribution >= 4 is 22.6 Å². The van der Waals surface area contributed by atoms with Gasteiger partial charge in [-0.3, -0.25) is 4.79 Å². The third-order valence-electron chi connectivity index (χ3n) is 2.61. The van der Waals surface area contributed by atoms with Crippen molar-refractivity contribution in [3.05, 3.63) is 30.5 Å². The van der Waals surface area contributed by atoms with Crippen LogP contribution in [-0.2, 0) is 4.79 Å². The maximum atomic E-state index is 10.3. The highest BCUT2D eigenvalue weighted by Crippen LogP contribution is 2.25. The molecule has 0 aliphatic carbocycles. The van der Waals surface area contributed by atoms with Crippen molar-refractivity contribution in [2.24, 2.45) is 0 Å². The number of carboxylic acids is 1. The van der Waals surface area contributed by atoms with Gasteiger partial charge in [0.05, 0.1) is 5.69 Å². The van der Waals surface area contributed by atoms with Crippen LogP contribution in [0.1, 0.15) is 19.3 Å². The van der Waals surface area contributed by atoms with Crippen molar-refractivity contribution in [1.82, 2.24) is 0 Å². The number of furan rings is 1. The quantitative estimate of drug-likeness (QED) is 0.752. The summed E-state index contributed by atoms with van der Waals surface area (Å²) in [5, 5.41) is 12.8. The molecule has 0 radical (unpaired) electrons. The third kappa shape index (κ3) is 3.00. The summed E-state index contributed by atoms with van der Waals surface area (Å²) in [5.41, 5.74) is 1.83. The Kier molecular flexibility index (Phi) is 3.65. The number of anilines is 1. The Hall–Kier alpha value is -1.97. The lowest BCUT2D eigenvalue weighted by Crippen LogP contribution is -2.02. The van der Waals surface area contributed by atoms with Crippen molar-refractivity contribution in [2.45, 2.75) is 19.3 Å². The summed E-state index contributed by atoms with van der Waals surface area (Å²) in [6.07, 6.45) is 3.46. The lowest BCUT2D eigenvalue weighted by Gasteiger charge is -2.02. The number of para-hydroxylation sites is 1. The van der Waals surface area contributed by atoms with Gasteiger partial charge in [0, 0.05) is 18.4 Å². The van der Waals surface area contributed by atoms with Crippen LogP contribution in [0.5, 0.6) is 0 Å². The van der Waals surface area contributed by atoms with Gasteiger partial charge in [0.15, 0.2) is 0 Å². The molecule has 0 aliphatic heterocycles. The summed E-state index contributed by atoms with van der Waals surface area (Å²) < 4.78 is 5.39. The van der Waals surface area contributed by atoms with E-state index in [4.69, 9.17) is 9.52 Å². The molecule has 0 saturated heterocycles. The van der Waals surface area contributed by atoms with Gasteiger partial charge in [-0.15, -0.1) is 0 Å². The van der Waals surface area contributed by atoms with E-state index in [0.717, 1.165) is 29.6 Å². The van der Waals surface area contributed by atoms with Crippen LogP contribution in [-0.4, -0.2) is 17.6 Å². The SMILES string of the molecule is O=C(O)CCCCNc1coc2ccccc12. The van der Waals surface area contributed by atoms with E-state index in [1.165, 1.54) is 0 Å². The highest BCUT2D eigenvalue weighted by Gasteiger charge is 2.03. The summed E-state index contributed by atoms with van der Waals surface area (Å²) >= 11 is 0. The van der Waals surface area contributed by atoms with Crippen LogP contribution >= 0.6 is 0 Å². The fourth-order valence-electron chi connectivity index (χ4n) is 1.74. The minimum Gasteiger partial charge on any atom is -0.481 e. The number of carboxylic acid groups (broad SMARTS) is 1. The zero-order valence-electron chi connectivity index (χ0n) is 9.48. The second-order valence-corrected chi connectivity index (χ2v) is 3.92. The number of nitrogens with one attached hydrogen (secondary N) is 1. The van der Waals surface area contributed by atoms with Gasteiger partial charge in [0.25, 0.3) is 0 Å². The Balaban J connectivity index is 1.85. The number of benzene rings is 1. The molecule has 2 aromatic rings. The van der Waals surface area contributed by atoms with Crippen molar-refractivity contribution < 1.29 is 14.3 Å². The van der Waals surface area contributed by atoms with Gasteiger partial charge in [0.1, 0.15) is 11.8 Å². The average Bonchev–Trinajstić information content (AvgIpc) is 2.72. The smallest absolute Gasteiger partial charge is 0.303 e. The van der Waals surface area contributed by atoms with Crippen molar-refractivity contribution in [2.75, 3.05) is 11.9 Å². The molecule has 0 atom stereocenters. The molecule has 2 rings (SSSR count). The summed E-state index contributed by atoms with van der Waals surface area (Å²) in [7, 11) is 0. The van der Waals surface area contributed by atoms with Crippen LogP contribution in [0.25, 0.3) is 11.0 Å². The normalized spacial score (nSPS) is 10.6. The minimum absolute atomic E-state index is 0.230. The molecule has 1 aromatic heterocycles. The molecule has 1 aromatic carbocycles. The zero-order valence-corrected chi connectivity index (χ0v) is 9.48. The number of hydrogen-bond acceptors (Lipinski definition) is 3. The fourth-order valence-corrected chi connectivity index (χ4v) is 1.74. The highest BCUT2D eigenvalue weighted by molar-refractivity contribution is 5.90. The maximum Gasteiger partial charge on any atom is 0.303 e. The van der Waals surface area contributed by atoms with Crippen LogP contribution in [0.15, 0.2) is 34.9 Å². The molecule has 0 fully saturated rings. The second-order valence-electron chi connectivity index (χ2n) is 3.92. The first-order chi connectivity index (χ1) is 8.27. The van der Waals surface area contributed by atoms with Crippen LogP contribution in [0.2, 0.25) is 0 Å². The van der Waals surface area contributed by atoms with E-state index < -0.39 is 5.97 Å². The molecule has 17 heavy (non-hydrogen) atoms. The Labute approximate surface area is 99.2 Å². The molecule has 0 spiro atoms. The fraction of sp³-hybridized carbons (Fsp3) is 0.308. The topological polar surface area (TPSA) is 62.5 Å². The molecule has 0 unspecified atom stereocenters. The predicted molar refractivity (Wildman–Crippen MR) is 66.2 cm³/mol. The van der Waals surface area contributed by atoms with E-state index in [1.807, 2.05) is 24.3 Å². The van der Waals surface area contributed by atoms with Gasteiger partial charge in [-0.05, 0) is 25.0 Å². The number of unbranched alkanes of at least 4 members (excludes halogenated alkanes) is 1. The zero-order chi connectivity index (χ0) is 12.1. The number of fused-ring (bicyclic) bond motifs is 1. The van der Waals surface area contributed by atoms with Crippen LogP contribution in [0.3, 0.4) is 0 Å². The summed E-state index contributed by atoms with van der Waals surface area (Å²) in [6, 6.07) is 7.82. The molecule has 4 heteroatoms. The molecular weight excluding hydrogens is 218 g/mol. The van der Waals surface area contributed by atoms with E-state index in [1.54, 1.807) is 6.26 Å². The number of hydrogen-bond donors (Lipinski definition) is 2. The largest absolute Gasteiger partial charge is 0.481 e. The van der Waals surface area contributed by atoms with E-state index in [9.17, 15) is 4.79 Å². The molecule has 0 saturated carbocycles. The number of rotatable bonds is 6. The first-order valence-electron chi connectivity index (χ1n) is 5.69. The highest BCUT2D eigenvalue weighted by atomic mass is 16.4. The lowest BCUT2D eigenvalue weighted by atomic mass is 10.2. The van der Waals surface area contributed by atoms with Gasteiger partial charge >= 0.3 is 5.97 Å². The van der Waals surface area contributed by atoms with Gasteiger partial charge in [-0.2, -0.15) is 0 Å². The molecule has 0 amide bonds. The van der Waals surface area contributed by atoms with Crippen LogP contribution < -0.4 is 5.32 Å². The van der Waals surface area contributed by atoms with E-state index in [0.29, 0.717) is 6.42 Å². The standard InChI is InChI=1S/C13H15NO3/c15-13(16)7-3-4-8-14-11-9-17-12-6-2-1-5-10(11)12/h1-2,5-6,9,14H,3-4,7-8H2,(H,15,16). The van der Waals surface area contributed by atoms with Gasteiger partial charge in [0.2, 0.25) is 0 Å². The third-order valence-corrected chi connectivity index (χ3v) is 2.61. The Morgan fingerprint density at radius 2 is 2.12 bits per heavy atom. The van der Waals surface area contributed by atoms with Crippen LogP contribution in [0.4, 0.5) is 5.69 Å². The second kappa shape index (κ2) is 5.39. The molecule has 4 nitrogen and oxygen atoms in total. The molecular formula is C13H15NO3.